The molecule has 150 valence electrons. The Kier molecular flexibility index (Phi) is 6.38. The van der Waals surface area contributed by atoms with E-state index in [-0.39, 0.29) is 16.9 Å². The molecule has 0 fully saturated rings. The maximum atomic E-state index is 11.4. The molecule has 1 heterocycles. The van der Waals surface area contributed by atoms with Gasteiger partial charge in [-0.1, -0.05) is 34.5 Å². The zero-order valence-corrected chi connectivity index (χ0v) is 17.2. The average Bonchev–Trinajstić information content (AvgIpc) is 2.63. The molecule has 2 N–H and O–H groups in total. The van der Waals surface area contributed by atoms with Crippen LogP contribution in [-0.2, 0) is 16.5 Å². The van der Waals surface area contributed by atoms with Gasteiger partial charge in [0.15, 0.2) is 0 Å². The minimum absolute atomic E-state index is 0.000151. The Morgan fingerprint density at radius 1 is 1.10 bits per heavy atom. The summed E-state index contributed by atoms with van der Waals surface area (Å²) in [7, 11) is -4.50. The molecule has 3 rings (SSSR count). The van der Waals surface area contributed by atoms with Crippen molar-refractivity contribution >= 4 is 50.8 Å². The molecule has 0 spiro atoms. The molecule has 0 aliphatic rings. The highest BCUT2D eigenvalue weighted by Gasteiger charge is 2.17. The van der Waals surface area contributed by atoms with E-state index in [9.17, 15) is 13.0 Å². The van der Waals surface area contributed by atoms with E-state index in [0.717, 1.165) is 17.2 Å². The SMILES string of the molecule is Cc1ccc(Cc2nc(Cl)nc(Nc3ccc(S(=O)(=O)O)c(N=NCl)c3)n2)cc1. The molecule has 0 saturated heterocycles. The minimum atomic E-state index is -4.50. The van der Waals surface area contributed by atoms with Gasteiger partial charge >= 0.3 is 0 Å². The molecule has 0 amide bonds. The van der Waals surface area contributed by atoms with Crippen LogP contribution in [-0.4, -0.2) is 27.9 Å². The third-order valence-electron chi connectivity index (χ3n) is 3.78. The van der Waals surface area contributed by atoms with Crippen molar-refractivity contribution in [3.05, 3.63) is 64.7 Å². The second kappa shape index (κ2) is 8.78. The van der Waals surface area contributed by atoms with Crippen molar-refractivity contribution < 1.29 is 13.0 Å². The van der Waals surface area contributed by atoms with Gasteiger partial charge < -0.3 is 5.32 Å². The number of halogens is 2. The van der Waals surface area contributed by atoms with Gasteiger partial charge in [-0.15, -0.1) is 5.11 Å². The molecular formula is C17H14Cl2N6O3S. The van der Waals surface area contributed by atoms with E-state index in [4.69, 9.17) is 23.4 Å². The lowest BCUT2D eigenvalue weighted by Crippen LogP contribution is -2.05. The summed E-state index contributed by atoms with van der Waals surface area (Å²) in [5, 5.41) is 6.39. The van der Waals surface area contributed by atoms with Gasteiger partial charge in [-0.3, -0.25) is 4.55 Å². The Balaban J connectivity index is 1.89. The highest BCUT2D eigenvalue weighted by atomic mass is 35.5. The second-order valence-electron chi connectivity index (χ2n) is 5.96. The summed E-state index contributed by atoms with van der Waals surface area (Å²) in [5.41, 5.74) is 2.36. The Labute approximate surface area is 176 Å². The molecule has 12 heteroatoms. The molecule has 3 aromatic rings. The fourth-order valence-corrected chi connectivity index (χ4v) is 3.34. The summed E-state index contributed by atoms with van der Waals surface area (Å²) < 4.78 is 35.1. The van der Waals surface area contributed by atoms with Crippen molar-refractivity contribution in [3.8, 4) is 0 Å². The molecule has 0 bridgehead atoms. The van der Waals surface area contributed by atoms with Crippen molar-refractivity contribution in [2.24, 2.45) is 9.75 Å². The standard InChI is InChI=1S/C17H14Cl2N6O3S/c1-10-2-4-11(5-3-10)8-15-21-16(18)23-17(22-15)20-12-6-7-14(29(26,27)28)13(9-12)24-25-19/h2-7,9H,8H2,1H3,(H,26,27,28)(H,20,21,22,23). The smallest absolute Gasteiger partial charge is 0.296 e. The van der Waals surface area contributed by atoms with Gasteiger partial charge in [-0.05, 0) is 42.3 Å². The lowest BCUT2D eigenvalue weighted by molar-refractivity contribution is 0.483. The zero-order valence-electron chi connectivity index (χ0n) is 14.9. The number of nitrogens with zero attached hydrogens (tertiary/aromatic N) is 5. The third kappa shape index (κ3) is 5.67. The van der Waals surface area contributed by atoms with Crippen LogP contribution in [0.3, 0.4) is 0 Å². The van der Waals surface area contributed by atoms with Crippen molar-refractivity contribution in [1.29, 1.82) is 0 Å². The number of hydrogen-bond acceptors (Lipinski definition) is 8. The third-order valence-corrected chi connectivity index (χ3v) is 4.92. The number of hydrogen-bond donors (Lipinski definition) is 2. The largest absolute Gasteiger partial charge is 0.324 e. The first-order valence-electron chi connectivity index (χ1n) is 8.11. The van der Waals surface area contributed by atoms with Crippen molar-refractivity contribution in [1.82, 2.24) is 15.0 Å². The van der Waals surface area contributed by atoms with Gasteiger partial charge in [0.1, 0.15) is 16.4 Å². The number of rotatable bonds is 6. The normalized spacial score (nSPS) is 11.7. The number of nitrogens with one attached hydrogen (secondary N) is 1. The van der Waals surface area contributed by atoms with Crippen LogP contribution in [0.25, 0.3) is 0 Å². The lowest BCUT2D eigenvalue weighted by atomic mass is 10.1. The van der Waals surface area contributed by atoms with Crippen LogP contribution in [0.15, 0.2) is 57.1 Å². The molecule has 29 heavy (non-hydrogen) atoms. The monoisotopic (exact) mass is 452 g/mol. The molecule has 0 saturated carbocycles. The molecule has 1 aromatic heterocycles. The molecule has 0 atom stereocenters. The summed E-state index contributed by atoms with van der Waals surface area (Å²) in [4.78, 5) is 12.0. The molecule has 0 unspecified atom stereocenters. The number of aryl methyl sites for hydroxylation is 1. The van der Waals surface area contributed by atoms with E-state index in [1.807, 2.05) is 31.2 Å². The number of anilines is 2. The summed E-state index contributed by atoms with van der Waals surface area (Å²) in [6, 6.07) is 11.8. The average molecular weight is 453 g/mol. The predicted octanol–water partition coefficient (Wildman–Crippen LogP) is 4.65. The van der Waals surface area contributed by atoms with Crippen molar-refractivity contribution in [2.75, 3.05) is 5.32 Å². The predicted molar refractivity (Wildman–Crippen MR) is 109 cm³/mol. The fourth-order valence-electron chi connectivity index (χ4n) is 2.48. The van der Waals surface area contributed by atoms with Crippen molar-refractivity contribution in [2.45, 2.75) is 18.2 Å². The molecular weight excluding hydrogens is 439 g/mol. The quantitative estimate of drug-likeness (QED) is 0.410. The topological polar surface area (TPSA) is 130 Å². The van der Waals surface area contributed by atoms with E-state index in [2.05, 4.69) is 30.0 Å². The van der Waals surface area contributed by atoms with E-state index >= 15 is 0 Å². The Morgan fingerprint density at radius 3 is 2.48 bits per heavy atom. The Bertz CT molecular complexity index is 1170. The number of benzene rings is 2. The highest BCUT2D eigenvalue weighted by molar-refractivity contribution is 7.86. The van der Waals surface area contributed by atoms with Crippen LogP contribution in [0.2, 0.25) is 5.28 Å². The molecule has 9 nitrogen and oxygen atoms in total. The van der Waals surface area contributed by atoms with E-state index in [1.54, 1.807) is 0 Å². The van der Waals surface area contributed by atoms with Crippen LogP contribution in [0.1, 0.15) is 17.0 Å². The number of aromatic nitrogens is 3. The summed E-state index contributed by atoms with van der Waals surface area (Å²) >= 11 is 11.2. The van der Waals surface area contributed by atoms with Gasteiger partial charge in [0, 0.05) is 12.1 Å². The fraction of sp³-hybridized carbons (Fsp3) is 0.118. The van der Waals surface area contributed by atoms with Crippen LogP contribution >= 0.6 is 23.4 Å². The van der Waals surface area contributed by atoms with Gasteiger partial charge in [-0.25, -0.2) is 4.98 Å². The van der Waals surface area contributed by atoms with Crippen LogP contribution in [0.5, 0.6) is 0 Å². The van der Waals surface area contributed by atoms with Crippen LogP contribution in [0.4, 0.5) is 17.3 Å². The maximum absolute atomic E-state index is 11.4. The van der Waals surface area contributed by atoms with E-state index in [0.29, 0.717) is 17.9 Å². The van der Waals surface area contributed by atoms with Gasteiger partial charge in [0.2, 0.25) is 11.2 Å². The van der Waals surface area contributed by atoms with Crippen LogP contribution in [0, 0.1) is 6.92 Å². The molecule has 2 aromatic carbocycles. The highest BCUT2D eigenvalue weighted by Crippen LogP contribution is 2.29. The first-order valence-corrected chi connectivity index (χ1v) is 10.3. The van der Waals surface area contributed by atoms with E-state index in [1.165, 1.54) is 12.1 Å². The first kappa shape index (κ1) is 21.1. The summed E-state index contributed by atoms with van der Waals surface area (Å²) in [6.45, 7) is 2.00. The molecule has 0 aliphatic carbocycles. The summed E-state index contributed by atoms with van der Waals surface area (Å²) in [6.07, 6.45) is 0.449. The first-order chi connectivity index (χ1) is 13.7. The van der Waals surface area contributed by atoms with Gasteiger partial charge in [0.25, 0.3) is 10.1 Å². The van der Waals surface area contributed by atoms with Crippen molar-refractivity contribution in [3.63, 3.8) is 0 Å². The van der Waals surface area contributed by atoms with Crippen LogP contribution < -0.4 is 5.32 Å². The Morgan fingerprint density at radius 2 is 1.83 bits per heavy atom. The molecule has 0 aliphatic heterocycles. The minimum Gasteiger partial charge on any atom is -0.324 e. The zero-order chi connectivity index (χ0) is 21.0. The van der Waals surface area contributed by atoms with E-state index < -0.39 is 15.0 Å². The second-order valence-corrected chi connectivity index (χ2v) is 7.84. The lowest BCUT2D eigenvalue weighted by Gasteiger charge is -2.09. The summed E-state index contributed by atoms with van der Waals surface area (Å²) in [5.74, 6) is 0.604. The molecule has 0 radical (unpaired) electrons. The van der Waals surface area contributed by atoms with Gasteiger partial charge in [0.05, 0.1) is 11.8 Å². The Hall–Kier alpha value is -2.66. The maximum Gasteiger partial charge on any atom is 0.296 e. The van der Waals surface area contributed by atoms with Gasteiger partial charge in [-0.2, -0.15) is 18.4 Å².